The molecule has 1 aliphatic rings. The molecule has 0 radical (unpaired) electrons. The fraction of sp³-hybridized carbons (Fsp3) is 0.389. The zero-order chi connectivity index (χ0) is 18.6. The van der Waals surface area contributed by atoms with Gasteiger partial charge in [-0.3, -0.25) is 9.59 Å². The number of nitrogens with one attached hydrogen (secondary N) is 1. The Kier molecular flexibility index (Phi) is 5.80. The van der Waals surface area contributed by atoms with Crippen LogP contribution in [0.1, 0.15) is 46.8 Å². The van der Waals surface area contributed by atoms with Crippen molar-refractivity contribution in [1.29, 1.82) is 0 Å². The molecule has 0 atom stereocenters. The molecule has 0 bridgehead atoms. The van der Waals surface area contributed by atoms with E-state index >= 15 is 0 Å². The molecule has 0 aliphatic carbocycles. The highest BCUT2D eigenvalue weighted by atomic mass is 16.5. The Morgan fingerprint density at radius 2 is 2.12 bits per heavy atom. The summed E-state index contributed by atoms with van der Waals surface area (Å²) in [5.41, 5.74) is 3.82. The number of anilines is 1. The van der Waals surface area contributed by atoms with Crippen LogP contribution in [0.25, 0.3) is 0 Å². The zero-order valence-electron chi connectivity index (χ0n) is 14.5. The summed E-state index contributed by atoms with van der Waals surface area (Å²) >= 11 is 0. The van der Waals surface area contributed by atoms with Gasteiger partial charge in [0.25, 0.3) is 0 Å². The lowest BCUT2D eigenvalue weighted by Gasteiger charge is -2.18. The van der Waals surface area contributed by atoms with Crippen LogP contribution in [0.4, 0.5) is 5.69 Å². The van der Waals surface area contributed by atoms with Crippen molar-refractivity contribution in [2.45, 2.75) is 39.7 Å². The van der Waals surface area contributed by atoms with Gasteiger partial charge in [-0.2, -0.15) is 0 Å². The van der Waals surface area contributed by atoms with Crippen LogP contribution in [0.2, 0.25) is 0 Å². The molecule has 0 fully saturated rings. The van der Waals surface area contributed by atoms with Crippen molar-refractivity contribution in [3.05, 3.63) is 33.9 Å². The number of rotatable bonds is 8. The minimum Gasteiger partial charge on any atom is -0.496 e. The average Bonchev–Trinajstić information content (AvgIpc) is 2.96. The number of ether oxygens (including phenoxy) is 2. The Hall–Kier alpha value is -2.83. The molecule has 134 valence electrons. The van der Waals surface area contributed by atoms with E-state index in [1.54, 1.807) is 0 Å². The highest BCUT2D eigenvalue weighted by Gasteiger charge is 2.31. The van der Waals surface area contributed by atoms with Gasteiger partial charge in [0.15, 0.2) is 0 Å². The second kappa shape index (κ2) is 7.83. The molecule has 2 N–H and O–H groups in total. The molecule has 25 heavy (non-hydrogen) atoms. The van der Waals surface area contributed by atoms with Crippen LogP contribution >= 0.6 is 0 Å². The van der Waals surface area contributed by atoms with E-state index in [0.29, 0.717) is 47.4 Å². The van der Waals surface area contributed by atoms with E-state index in [1.807, 2.05) is 19.9 Å². The second-order valence-electron chi connectivity index (χ2n) is 5.85. The Morgan fingerprint density at radius 3 is 2.72 bits per heavy atom. The average molecular weight is 347 g/mol. The summed E-state index contributed by atoms with van der Waals surface area (Å²) in [6.45, 7) is 3.84. The van der Waals surface area contributed by atoms with E-state index in [-0.39, 0.29) is 13.0 Å². The Balaban J connectivity index is 2.48. The van der Waals surface area contributed by atoms with E-state index in [4.69, 9.17) is 14.6 Å². The van der Waals surface area contributed by atoms with Gasteiger partial charge in [0, 0.05) is 17.5 Å². The third-order valence-corrected chi connectivity index (χ3v) is 4.27. The number of fused-ring (bicyclic) bond motifs is 1. The van der Waals surface area contributed by atoms with Crippen LogP contribution in [0.5, 0.6) is 5.75 Å². The predicted molar refractivity (Wildman–Crippen MR) is 90.9 cm³/mol. The van der Waals surface area contributed by atoms with Crippen LogP contribution in [-0.2, 0) is 27.4 Å². The van der Waals surface area contributed by atoms with Crippen LogP contribution < -0.4 is 10.1 Å². The number of hydrogen-bond acceptors (Lipinski definition) is 5. The SMILES string of the molecule is COc1c(C)c2c(c(NC=O)c1C/C=C(\C)CCC(=O)O)C(=O)OC2. The Labute approximate surface area is 145 Å². The van der Waals surface area contributed by atoms with E-state index < -0.39 is 11.9 Å². The number of carboxylic acid groups (broad SMARTS) is 1. The molecule has 0 aromatic heterocycles. The fourth-order valence-corrected chi connectivity index (χ4v) is 2.95. The number of esters is 1. The van der Waals surface area contributed by atoms with Gasteiger partial charge in [0.2, 0.25) is 6.41 Å². The summed E-state index contributed by atoms with van der Waals surface area (Å²) in [4.78, 5) is 33.8. The maximum atomic E-state index is 12.1. The molecule has 0 saturated heterocycles. The lowest BCUT2D eigenvalue weighted by molar-refractivity contribution is -0.137. The number of allylic oxidation sites excluding steroid dienone is 2. The molecule has 7 nitrogen and oxygen atoms in total. The Bertz CT molecular complexity index is 751. The van der Waals surface area contributed by atoms with Crippen molar-refractivity contribution in [1.82, 2.24) is 0 Å². The summed E-state index contributed by atoms with van der Waals surface area (Å²) in [5, 5.41) is 11.4. The third-order valence-electron chi connectivity index (χ3n) is 4.27. The standard InChI is InChI=1S/C18H21NO6/c1-10(5-7-14(21)22)4-6-12-16(19-9-20)15-13(8-25-18(15)23)11(2)17(12)24-3/h4,9H,5-8H2,1-3H3,(H,19,20)(H,21,22)/b10-4+. The van der Waals surface area contributed by atoms with E-state index in [1.165, 1.54) is 7.11 Å². The van der Waals surface area contributed by atoms with Crippen molar-refractivity contribution in [3.63, 3.8) is 0 Å². The van der Waals surface area contributed by atoms with Gasteiger partial charge in [0.05, 0.1) is 18.4 Å². The number of methoxy groups -OCH3 is 1. The number of benzene rings is 1. The van der Waals surface area contributed by atoms with Crippen molar-refractivity contribution in [2.75, 3.05) is 12.4 Å². The van der Waals surface area contributed by atoms with Gasteiger partial charge >= 0.3 is 11.9 Å². The molecule has 2 rings (SSSR count). The first-order valence-electron chi connectivity index (χ1n) is 7.87. The zero-order valence-corrected chi connectivity index (χ0v) is 14.5. The molecule has 7 heteroatoms. The molecule has 1 aromatic carbocycles. The minimum absolute atomic E-state index is 0.0501. The van der Waals surface area contributed by atoms with Gasteiger partial charge in [-0.1, -0.05) is 11.6 Å². The number of aliphatic carboxylic acids is 1. The van der Waals surface area contributed by atoms with Crippen molar-refractivity contribution in [2.24, 2.45) is 0 Å². The molecular formula is C18H21NO6. The molecule has 1 aromatic rings. The molecule has 0 saturated carbocycles. The number of carboxylic acids is 1. The fourth-order valence-electron chi connectivity index (χ4n) is 2.95. The normalized spacial score (nSPS) is 13.2. The highest BCUT2D eigenvalue weighted by Crippen LogP contribution is 2.41. The monoisotopic (exact) mass is 347 g/mol. The third kappa shape index (κ3) is 3.81. The lowest BCUT2D eigenvalue weighted by atomic mass is 9.93. The summed E-state index contributed by atoms with van der Waals surface area (Å²) in [6, 6.07) is 0. The van der Waals surface area contributed by atoms with E-state index in [9.17, 15) is 14.4 Å². The van der Waals surface area contributed by atoms with Crippen LogP contribution in [0.15, 0.2) is 11.6 Å². The first kappa shape index (κ1) is 18.5. The predicted octanol–water partition coefficient (Wildman–Crippen LogP) is 2.60. The molecule has 1 amide bonds. The first-order chi connectivity index (χ1) is 11.9. The summed E-state index contributed by atoms with van der Waals surface area (Å²) in [7, 11) is 1.53. The molecule has 1 heterocycles. The van der Waals surface area contributed by atoms with Gasteiger partial charge in [-0.15, -0.1) is 0 Å². The van der Waals surface area contributed by atoms with Crippen molar-refractivity contribution in [3.8, 4) is 5.75 Å². The smallest absolute Gasteiger partial charge is 0.341 e. The van der Waals surface area contributed by atoms with Crippen LogP contribution in [0, 0.1) is 6.92 Å². The maximum Gasteiger partial charge on any atom is 0.341 e. The first-order valence-corrected chi connectivity index (χ1v) is 7.87. The lowest BCUT2D eigenvalue weighted by Crippen LogP contribution is -2.10. The Morgan fingerprint density at radius 1 is 1.40 bits per heavy atom. The minimum atomic E-state index is -0.857. The van der Waals surface area contributed by atoms with Gasteiger partial charge in [0.1, 0.15) is 12.4 Å². The van der Waals surface area contributed by atoms with E-state index in [0.717, 1.165) is 11.1 Å². The van der Waals surface area contributed by atoms with Gasteiger partial charge in [-0.05, 0) is 32.3 Å². The number of cyclic esters (lactones) is 1. The molecule has 0 unspecified atom stereocenters. The summed E-state index contributed by atoms with van der Waals surface area (Å²) in [6.07, 6.45) is 3.27. The number of amides is 1. The summed E-state index contributed by atoms with van der Waals surface area (Å²) < 4.78 is 10.6. The number of hydrogen-bond donors (Lipinski definition) is 2. The highest BCUT2D eigenvalue weighted by molar-refractivity contribution is 6.03. The largest absolute Gasteiger partial charge is 0.496 e. The molecule has 0 spiro atoms. The van der Waals surface area contributed by atoms with Crippen LogP contribution in [-0.4, -0.2) is 30.6 Å². The molecular weight excluding hydrogens is 326 g/mol. The molecule has 1 aliphatic heterocycles. The van der Waals surface area contributed by atoms with Crippen LogP contribution in [0.3, 0.4) is 0 Å². The van der Waals surface area contributed by atoms with Gasteiger partial charge < -0.3 is 19.9 Å². The van der Waals surface area contributed by atoms with E-state index in [2.05, 4.69) is 5.32 Å². The quantitative estimate of drug-likeness (QED) is 0.426. The van der Waals surface area contributed by atoms with Gasteiger partial charge in [-0.25, -0.2) is 4.79 Å². The summed E-state index contributed by atoms with van der Waals surface area (Å²) in [5.74, 6) is -0.744. The topological polar surface area (TPSA) is 102 Å². The van der Waals surface area contributed by atoms with Crippen molar-refractivity contribution < 1.29 is 29.0 Å². The number of carbonyl (C=O) groups is 3. The number of carbonyl (C=O) groups excluding carboxylic acids is 2. The second-order valence-corrected chi connectivity index (χ2v) is 5.85. The maximum absolute atomic E-state index is 12.1. The van der Waals surface area contributed by atoms with Crippen molar-refractivity contribution >= 4 is 24.0 Å².